The molecule has 0 aliphatic heterocycles. The Morgan fingerprint density at radius 2 is 1.85 bits per heavy atom. The molecular formula is C15H17NO4. The van der Waals surface area contributed by atoms with Gasteiger partial charge in [0.1, 0.15) is 6.10 Å². The number of esters is 1. The first kappa shape index (κ1) is 14.3. The molecule has 0 spiro atoms. The van der Waals surface area contributed by atoms with Crippen molar-refractivity contribution in [1.29, 1.82) is 0 Å². The van der Waals surface area contributed by atoms with E-state index >= 15 is 0 Å². The topological polar surface area (TPSA) is 92.8 Å². The van der Waals surface area contributed by atoms with Crippen LogP contribution in [0.5, 0.6) is 0 Å². The van der Waals surface area contributed by atoms with Gasteiger partial charge in [0.05, 0.1) is 19.6 Å². The van der Waals surface area contributed by atoms with Gasteiger partial charge in [-0.3, -0.25) is 4.79 Å². The van der Waals surface area contributed by atoms with Gasteiger partial charge in [0, 0.05) is 5.69 Å². The lowest BCUT2D eigenvalue weighted by Gasteiger charge is -2.17. The molecule has 0 fully saturated rings. The van der Waals surface area contributed by atoms with Gasteiger partial charge in [0.25, 0.3) is 0 Å². The molecule has 0 aromatic heterocycles. The molecule has 5 heteroatoms. The zero-order valence-corrected chi connectivity index (χ0v) is 11.1. The van der Waals surface area contributed by atoms with Gasteiger partial charge < -0.3 is 20.7 Å². The van der Waals surface area contributed by atoms with E-state index in [4.69, 9.17) is 5.73 Å². The molecule has 5 nitrogen and oxygen atoms in total. The first-order chi connectivity index (χ1) is 9.51. The van der Waals surface area contributed by atoms with E-state index in [1.165, 1.54) is 7.11 Å². The fourth-order valence-corrected chi connectivity index (χ4v) is 2.05. The predicted molar refractivity (Wildman–Crippen MR) is 76.0 cm³/mol. The second-order valence-electron chi connectivity index (χ2n) is 4.66. The van der Waals surface area contributed by atoms with Gasteiger partial charge in [-0.05, 0) is 34.5 Å². The van der Waals surface area contributed by atoms with Crippen LogP contribution in [0.2, 0.25) is 0 Å². The van der Waals surface area contributed by atoms with Crippen LogP contribution in [-0.2, 0) is 9.53 Å². The van der Waals surface area contributed by atoms with Gasteiger partial charge in [-0.2, -0.15) is 0 Å². The van der Waals surface area contributed by atoms with Gasteiger partial charge in [0.2, 0.25) is 0 Å². The molecule has 2 unspecified atom stereocenters. The normalized spacial score (nSPS) is 13.9. The molecule has 0 saturated heterocycles. The molecule has 0 heterocycles. The Morgan fingerprint density at radius 1 is 1.20 bits per heavy atom. The zero-order chi connectivity index (χ0) is 14.7. The molecule has 0 bridgehead atoms. The number of hydrogen-bond donors (Lipinski definition) is 3. The summed E-state index contributed by atoms with van der Waals surface area (Å²) in [6.45, 7) is 0. The Bertz CT molecular complexity index is 626. The molecule has 2 rings (SSSR count). The van der Waals surface area contributed by atoms with Crippen molar-refractivity contribution < 1.29 is 19.7 Å². The average molecular weight is 275 g/mol. The molecule has 0 amide bonds. The summed E-state index contributed by atoms with van der Waals surface area (Å²) >= 11 is 0. The smallest absolute Gasteiger partial charge is 0.308 e. The van der Waals surface area contributed by atoms with E-state index in [1.807, 2.05) is 18.2 Å². The number of anilines is 1. The number of carbonyl (C=O) groups excluding carboxylic acids is 1. The second kappa shape index (κ2) is 5.90. The number of nitrogens with two attached hydrogens (primary N) is 1. The van der Waals surface area contributed by atoms with Crippen LogP contribution in [0, 0.1) is 0 Å². The first-order valence-corrected chi connectivity index (χ1v) is 6.23. The van der Waals surface area contributed by atoms with E-state index in [-0.39, 0.29) is 6.42 Å². The number of carbonyl (C=O) groups is 1. The fourth-order valence-electron chi connectivity index (χ4n) is 2.05. The van der Waals surface area contributed by atoms with Crippen molar-refractivity contribution >= 4 is 22.4 Å². The van der Waals surface area contributed by atoms with E-state index in [1.54, 1.807) is 18.2 Å². The molecule has 0 aliphatic rings. The zero-order valence-electron chi connectivity index (χ0n) is 11.1. The van der Waals surface area contributed by atoms with Crippen LogP contribution in [-0.4, -0.2) is 29.4 Å². The van der Waals surface area contributed by atoms with E-state index in [9.17, 15) is 15.0 Å². The highest BCUT2D eigenvalue weighted by Crippen LogP contribution is 2.25. The van der Waals surface area contributed by atoms with Crippen molar-refractivity contribution in [2.24, 2.45) is 0 Å². The average Bonchev–Trinajstić information content (AvgIpc) is 2.45. The van der Waals surface area contributed by atoms with E-state index < -0.39 is 18.2 Å². The van der Waals surface area contributed by atoms with Crippen molar-refractivity contribution in [3.63, 3.8) is 0 Å². The van der Waals surface area contributed by atoms with Gasteiger partial charge >= 0.3 is 5.97 Å². The number of rotatable bonds is 4. The molecule has 2 atom stereocenters. The third kappa shape index (κ3) is 3.07. The summed E-state index contributed by atoms with van der Waals surface area (Å²) < 4.78 is 4.47. The molecule has 20 heavy (non-hydrogen) atoms. The molecular weight excluding hydrogens is 258 g/mol. The van der Waals surface area contributed by atoms with E-state index in [2.05, 4.69) is 4.74 Å². The summed E-state index contributed by atoms with van der Waals surface area (Å²) in [5.41, 5.74) is 6.90. The quantitative estimate of drug-likeness (QED) is 0.579. The number of benzene rings is 2. The summed E-state index contributed by atoms with van der Waals surface area (Å²) in [5.74, 6) is -0.565. The highest BCUT2D eigenvalue weighted by atomic mass is 16.5. The minimum Gasteiger partial charge on any atom is -0.469 e. The maximum Gasteiger partial charge on any atom is 0.308 e. The Hall–Kier alpha value is -2.11. The molecule has 106 valence electrons. The first-order valence-electron chi connectivity index (χ1n) is 6.23. The number of ether oxygens (including phenoxy) is 1. The highest BCUT2D eigenvalue weighted by molar-refractivity contribution is 5.86. The van der Waals surface area contributed by atoms with E-state index in [0.29, 0.717) is 11.3 Å². The summed E-state index contributed by atoms with van der Waals surface area (Å²) in [7, 11) is 1.24. The monoisotopic (exact) mass is 275 g/mol. The lowest BCUT2D eigenvalue weighted by Crippen LogP contribution is -2.22. The number of methoxy groups -OCH3 is 1. The van der Waals surface area contributed by atoms with Crippen LogP contribution in [0.4, 0.5) is 5.69 Å². The minimum atomic E-state index is -1.20. The molecule has 0 radical (unpaired) electrons. The largest absolute Gasteiger partial charge is 0.469 e. The molecule has 0 saturated carbocycles. The van der Waals surface area contributed by atoms with Gasteiger partial charge in [-0.15, -0.1) is 0 Å². The van der Waals surface area contributed by atoms with Crippen molar-refractivity contribution in [2.45, 2.75) is 18.6 Å². The van der Waals surface area contributed by atoms with Gasteiger partial charge in [0.15, 0.2) is 0 Å². The van der Waals surface area contributed by atoms with Crippen molar-refractivity contribution in [3.05, 3.63) is 42.0 Å². The Balaban J connectivity index is 2.23. The van der Waals surface area contributed by atoms with Crippen LogP contribution in [0.1, 0.15) is 18.1 Å². The molecule has 0 aliphatic carbocycles. The van der Waals surface area contributed by atoms with Gasteiger partial charge in [-0.1, -0.05) is 18.2 Å². The third-order valence-corrected chi connectivity index (χ3v) is 3.20. The van der Waals surface area contributed by atoms with Crippen molar-refractivity contribution in [1.82, 2.24) is 0 Å². The highest BCUT2D eigenvalue weighted by Gasteiger charge is 2.21. The lowest BCUT2D eigenvalue weighted by atomic mass is 9.98. The van der Waals surface area contributed by atoms with Gasteiger partial charge in [-0.25, -0.2) is 0 Å². The second-order valence-corrected chi connectivity index (χ2v) is 4.66. The number of hydrogen-bond acceptors (Lipinski definition) is 5. The standard InChI is InChI=1S/C15H17NO4/c1-20-14(18)8-13(17)15(19)11-3-2-10-7-12(16)5-4-9(10)6-11/h2-7,13,15,17,19H,8,16H2,1H3. The van der Waals surface area contributed by atoms with Crippen LogP contribution >= 0.6 is 0 Å². The predicted octanol–water partition coefficient (Wildman–Crippen LogP) is 1.38. The van der Waals surface area contributed by atoms with Crippen LogP contribution < -0.4 is 5.73 Å². The lowest BCUT2D eigenvalue weighted by molar-refractivity contribution is -0.144. The van der Waals surface area contributed by atoms with Crippen molar-refractivity contribution in [3.8, 4) is 0 Å². The maximum atomic E-state index is 11.1. The SMILES string of the molecule is COC(=O)CC(O)C(O)c1ccc2cc(N)ccc2c1. The number of nitrogen functional groups attached to an aromatic ring is 1. The number of fused-ring (bicyclic) bond motifs is 1. The Morgan fingerprint density at radius 3 is 2.55 bits per heavy atom. The maximum absolute atomic E-state index is 11.1. The fraction of sp³-hybridized carbons (Fsp3) is 0.267. The molecule has 4 N–H and O–H groups in total. The Labute approximate surface area is 116 Å². The minimum absolute atomic E-state index is 0.253. The summed E-state index contributed by atoms with van der Waals surface area (Å²) in [4.78, 5) is 11.1. The number of aliphatic hydroxyl groups is 2. The van der Waals surface area contributed by atoms with E-state index in [0.717, 1.165) is 10.8 Å². The number of aliphatic hydroxyl groups excluding tert-OH is 2. The van der Waals surface area contributed by atoms with Crippen molar-refractivity contribution in [2.75, 3.05) is 12.8 Å². The van der Waals surface area contributed by atoms with Crippen LogP contribution in [0.3, 0.4) is 0 Å². The van der Waals surface area contributed by atoms with Crippen LogP contribution in [0.15, 0.2) is 36.4 Å². The Kier molecular flexibility index (Phi) is 4.22. The summed E-state index contributed by atoms with van der Waals surface area (Å²) in [6.07, 6.45) is -2.60. The molecule has 2 aromatic carbocycles. The molecule has 2 aromatic rings. The summed E-state index contributed by atoms with van der Waals surface area (Å²) in [6, 6.07) is 10.7. The van der Waals surface area contributed by atoms with Crippen LogP contribution in [0.25, 0.3) is 10.8 Å². The third-order valence-electron chi connectivity index (χ3n) is 3.20. The summed E-state index contributed by atoms with van der Waals surface area (Å²) in [5, 5.41) is 21.7.